The van der Waals surface area contributed by atoms with E-state index in [0.29, 0.717) is 5.56 Å². The molecule has 3 aromatic heterocycles. The molecule has 15 heteroatoms. The Kier molecular flexibility index (Phi) is 9.68. The first kappa shape index (κ1) is 35.3. The molecule has 1 saturated heterocycles. The second-order valence-corrected chi connectivity index (χ2v) is 14.4. The molecule has 1 amide bonds. The molecule has 1 atom stereocenters. The standard InChI is InChI=1S/C34H36F2N6O6S/c1-8-27(43)40-12-13-41(20(6)17-40)31-21-14-24(36)29(28-23(35)10-9-11-25(28)48-33(44)19(4)5)38-32(21)42(34(45)39-31)30-22(18(2)3)15-37-16-26(30)49(7,46)47/h8-11,14-16,18-20H,1,12-13,17H2,2-7H3/t20-/m0/s1. The van der Waals surface area contributed by atoms with Crippen molar-refractivity contribution in [2.45, 2.75) is 51.5 Å². The van der Waals surface area contributed by atoms with E-state index in [1.54, 1.807) is 44.4 Å². The zero-order valence-corrected chi connectivity index (χ0v) is 28.7. The number of sulfone groups is 1. The fraction of sp³-hybridized carbons (Fsp3) is 0.353. The molecule has 0 spiro atoms. The largest absolute Gasteiger partial charge is 0.425 e. The lowest BCUT2D eigenvalue weighted by Crippen LogP contribution is -2.54. The number of aromatic nitrogens is 4. The number of nitrogens with zero attached hydrogens (tertiary/aromatic N) is 6. The van der Waals surface area contributed by atoms with E-state index in [9.17, 15) is 22.8 Å². The molecule has 1 aromatic carbocycles. The summed E-state index contributed by atoms with van der Waals surface area (Å²) in [6, 6.07) is 4.27. The highest BCUT2D eigenvalue weighted by Gasteiger charge is 2.32. The van der Waals surface area contributed by atoms with Crippen LogP contribution in [0.4, 0.5) is 14.6 Å². The lowest BCUT2D eigenvalue weighted by molar-refractivity contribution is -0.137. The van der Waals surface area contributed by atoms with Gasteiger partial charge < -0.3 is 14.5 Å². The Morgan fingerprint density at radius 2 is 1.80 bits per heavy atom. The first-order chi connectivity index (χ1) is 23.0. The minimum absolute atomic E-state index is 0.0132. The van der Waals surface area contributed by atoms with Gasteiger partial charge in [0.2, 0.25) is 5.91 Å². The number of rotatable bonds is 8. The SMILES string of the molecule is C=CC(=O)N1CCN(c2nc(=O)n(-c3c(C(C)C)cncc3S(C)(=O)=O)c3nc(-c4c(F)cccc4OC(=O)C(C)C)c(F)cc23)[C@@H](C)C1. The number of anilines is 1. The molecule has 4 aromatic rings. The van der Waals surface area contributed by atoms with Crippen molar-refractivity contribution in [3.63, 3.8) is 0 Å². The Morgan fingerprint density at radius 3 is 2.41 bits per heavy atom. The number of pyridine rings is 2. The number of piperazine rings is 1. The number of ether oxygens (including phenoxy) is 1. The molecule has 0 aliphatic carbocycles. The first-order valence-electron chi connectivity index (χ1n) is 15.5. The molecule has 49 heavy (non-hydrogen) atoms. The summed E-state index contributed by atoms with van der Waals surface area (Å²) in [5, 5.41) is 0.0132. The highest BCUT2D eigenvalue weighted by molar-refractivity contribution is 7.90. The number of carbonyl (C=O) groups is 2. The van der Waals surface area contributed by atoms with Gasteiger partial charge in [-0.05, 0) is 42.7 Å². The van der Waals surface area contributed by atoms with E-state index in [-0.39, 0.29) is 64.6 Å². The van der Waals surface area contributed by atoms with Crippen molar-refractivity contribution < 1.29 is 31.5 Å². The molecule has 1 aliphatic rings. The number of carbonyl (C=O) groups excluding carboxylic acids is 2. The van der Waals surface area contributed by atoms with Gasteiger partial charge in [0, 0.05) is 44.3 Å². The van der Waals surface area contributed by atoms with Crippen molar-refractivity contribution in [2.75, 3.05) is 30.8 Å². The number of amides is 1. The molecule has 0 saturated carbocycles. The van der Waals surface area contributed by atoms with Gasteiger partial charge in [-0.3, -0.25) is 14.6 Å². The zero-order valence-electron chi connectivity index (χ0n) is 27.9. The van der Waals surface area contributed by atoms with Crippen LogP contribution in [0.1, 0.15) is 46.1 Å². The summed E-state index contributed by atoms with van der Waals surface area (Å²) in [5.41, 5.74) is -1.96. The molecule has 0 N–H and O–H groups in total. The maximum Gasteiger partial charge on any atom is 0.355 e. The normalized spacial score (nSPS) is 15.3. The number of benzene rings is 1. The maximum atomic E-state index is 16.4. The average Bonchev–Trinajstić information content (AvgIpc) is 3.03. The summed E-state index contributed by atoms with van der Waals surface area (Å²) in [5.74, 6) is -4.16. The molecule has 0 radical (unpaired) electrons. The predicted octanol–water partition coefficient (Wildman–Crippen LogP) is 4.43. The van der Waals surface area contributed by atoms with Gasteiger partial charge in [0.05, 0.1) is 22.6 Å². The predicted molar refractivity (Wildman–Crippen MR) is 180 cm³/mol. The Bertz CT molecular complexity index is 2170. The summed E-state index contributed by atoms with van der Waals surface area (Å²) in [6.07, 6.45) is 4.69. The van der Waals surface area contributed by atoms with Crippen LogP contribution in [0.2, 0.25) is 0 Å². The highest BCUT2D eigenvalue weighted by Crippen LogP contribution is 2.38. The fourth-order valence-electron chi connectivity index (χ4n) is 5.73. The van der Waals surface area contributed by atoms with E-state index >= 15 is 8.78 Å². The van der Waals surface area contributed by atoms with Crippen LogP contribution in [0, 0.1) is 17.6 Å². The van der Waals surface area contributed by atoms with Crippen molar-refractivity contribution in [3.05, 3.63) is 77.0 Å². The Hall–Kier alpha value is -5.05. The minimum atomic E-state index is -4.01. The van der Waals surface area contributed by atoms with E-state index < -0.39 is 56.3 Å². The minimum Gasteiger partial charge on any atom is -0.425 e. The Balaban J connectivity index is 1.89. The molecule has 0 unspecified atom stereocenters. The zero-order chi connectivity index (χ0) is 35.9. The third-order valence-corrected chi connectivity index (χ3v) is 9.34. The van der Waals surface area contributed by atoms with Crippen molar-refractivity contribution >= 4 is 38.6 Å². The van der Waals surface area contributed by atoms with Gasteiger partial charge in [-0.1, -0.05) is 40.3 Å². The van der Waals surface area contributed by atoms with E-state index in [2.05, 4.69) is 21.5 Å². The van der Waals surface area contributed by atoms with Crippen LogP contribution in [0.3, 0.4) is 0 Å². The van der Waals surface area contributed by atoms with E-state index in [1.165, 1.54) is 24.4 Å². The maximum absolute atomic E-state index is 16.4. The molecular weight excluding hydrogens is 658 g/mol. The van der Waals surface area contributed by atoms with Crippen molar-refractivity contribution in [1.29, 1.82) is 0 Å². The quantitative estimate of drug-likeness (QED) is 0.148. The Labute approximate surface area is 282 Å². The van der Waals surface area contributed by atoms with Gasteiger partial charge in [0.1, 0.15) is 28.0 Å². The number of fused-ring (bicyclic) bond motifs is 1. The number of esters is 1. The lowest BCUT2D eigenvalue weighted by Gasteiger charge is -2.40. The van der Waals surface area contributed by atoms with Gasteiger partial charge in [0.15, 0.2) is 21.3 Å². The molecular formula is C34H36F2N6O6S. The molecule has 12 nitrogen and oxygen atoms in total. The van der Waals surface area contributed by atoms with Crippen molar-refractivity contribution in [1.82, 2.24) is 24.4 Å². The summed E-state index contributed by atoms with van der Waals surface area (Å²) in [7, 11) is -4.01. The van der Waals surface area contributed by atoms with Gasteiger partial charge in [0.25, 0.3) is 0 Å². The van der Waals surface area contributed by atoms with Gasteiger partial charge >= 0.3 is 11.7 Å². The summed E-state index contributed by atoms with van der Waals surface area (Å²) in [4.78, 5) is 55.1. The smallest absolute Gasteiger partial charge is 0.355 e. The average molecular weight is 695 g/mol. The topological polar surface area (TPSA) is 145 Å². The number of hydrogen-bond donors (Lipinski definition) is 0. The summed E-state index contributed by atoms with van der Waals surface area (Å²) < 4.78 is 64.6. The molecule has 4 heterocycles. The first-order valence-corrected chi connectivity index (χ1v) is 17.4. The van der Waals surface area contributed by atoms with E-state index in [4.69, 9.17) is 4.74 Å². The van der Waals surface area contributed by atoms with Crippen LogP contribution in [0.25, 0.3) is 28.0 Å². The number of halogens is 2. The third-order valence-electron chi connectivity index (χ3n) is 8.24. The third kappa shape index (κ3) is 6.67. The van der Waals surface area contributed by atoms with Crippen LogP contribution in [-0.4, -0.2) is 76.6 Å². The van der Waals surface area contributed by atoms with Crippen LogP contribution in [-0.2, 0) is 19.4 Å². The van der Waals surface area contributed by atoms with Crippen molar-refractivity contribution in [2.24, 2.45) is 5.92 Å². The summed E-state index contributed by atoms with van der Waals surface area (Å²) >= 11 is 0. The monoisotopic (exact) mass is 694 g/mol. The van der Waals surface area contributed by atoms with Gasteiger partial charge in [-0.2, -0.15) is 4.98 Å². The van der Waals surface area contributed by atoms with E-state index in [1.807, 2.05) is 0 Å². The van der Waals surface area contributed by atoms with Crippen LogP contribution in [0.5, 0.6) is 5.75 Å². The van der Waals surface area contributed by atoms with E-state index in [0.717, 1.165) is 29.2 Å². The molecule has 0 bridgehead atoms. The molecule has 1 fully saturated rings. The Morgan fingerprint density at radius 1 is 1.08 bits per heavy atom. The molecule has 258 valence electrons. The second-order valence-electron chi connectivity index (χ2n) is 12.5. The fourth-order valence-corrected chi connectivity index (χ4v) is 6.54. The second kappa shape index (κ2) is 13.5. The van der Waals surface area contributed by atoms with Crippen LogP contribution >= 0.6 is 0 Å². The van der Waals surface area contributed by atoms with Crippen molar-refractivity contribution in [3.8, 4) is 22.7 Å². The number of hydrogen-bond acceptors (Lipinski definition) is 10. The highest BCUT2D eigenvalue weighted by atomic mass is 32.2. The van der Waals surface area contributed by atoms with Crippen LogP contribution < -0.4 is 15.3 Å². The lowest BCUT2D eigenvalue weighted by atomic mass is 10.0. The van der Waals surface area contributed by atoms with Gasteiger partial charge in [-0.15, -0.1) is 0 Å². The van der Waals surface area contributed by atoms with Crippen LogP contribution in [0.15, 0.2) is 59.0 Å². The molecule has 5 rings (SSSR count). The molecule has 1 aliphatic heterocycles. The van der Waals surface area contributed by atoms with Gasteiger partial charge in [-0.25, -0.2) is 31.5 Å². The summed E-state index contributed by atoms with van der Waals surface area (Å²) in [6.45, 7) is 12.8.